The molecule has 5 nitrogen and oxygen atoms in total. The molecule has 0 aromatic heterocycles. The minimum Gasteiger partial charge on any atom is -0.508 e. The fourth-order valence-corrected chi connectivity index (χ4v) is 5.20. The summed E-state index contributed by atoms with van der Waals surface area (Å²) < 4.78 is 27.8. The van der Waals surface area contributed by atoms with Crippen LogP contribution in [0.15, 0.2) is 60.7 Å². The Bertz CT molecular complexity index is 1300. The maximum atomic E-state index is 15.6. The van der Waals surface area contributed by atoms with Gasteiger partial charge in [-0.3, -0.25) is 4.90 Å². The number of phenolic OH excluding ortho intramolecular Hbond substituents is 2. The maximum absolute atomic E-state index is 15.6. The van der Waals surface area contributed by atoms with E-state index >= 15 is 4.39 Å². The molecule has 0 bridgehead atoms. The molecule has 0 spiro atoms. The Morgan fingerprint density at radius 3 is 2.61 bits per heavy atom. The summed E-state index contributed by atoms with van der Waals surface area (Å²) in [5, 5.41) is 20.2. The second-order valence-corrected chi connectivity index (χ2v) is 10.00. The SMILES string of the molecule is CC1=C(c2cccc(O)c2)C(c2ccc(OCC(C)N3CCC(C)C3)cc2F)Oc2ccc(O)cc21. The predicted molar refractivity (Wildman–Crippen MR) is 139 cm³/mol. The summed E-state index contributed by atoms with van der Waals surface area (Å²) in [4.78, 5) is 2.41. The summed E-state index contributed by atoms with van der Waals surface area (Å²) in [5.41, 5.74) is 3.40. The molecule has 2 heterocycles. The average Bonchev–Trinajstić information content (AvgIpc) is 3.29. The summed E-state index contributed by atoms with van der Waals surface area (Å²) in [6, 6.07) is 16.9. The fourth-order valence-electron chi connectivity index (χ4n) is 5.20. The van der Waals surface area contributed by atoms with E-state index in [4.69, 9.17) is 9.47 Å². The third kappa shape index (κ3) is 4.78. The lowest BCUT2D eigenvalue weighted by Crippen LogP contribution is -2.35. The van der Waals surface area contributed by atoms with E-state index in [2.05, 4.69) is 18.7 Å². The largest absolute Gasteiger partial charge is 0.508 e. The topological polar surface area (TPSA) is 62.2 Å². The van der Waals surface area contributed by atoms with E-state index in [9.17, 15) is 10.2 Å². The lowest BCUT2D eigenvalue weighted by Gasteiger charge is -2.31. The first-order chi connectivity index (χ1) is 17.3. The van der Waals surface area contributed by atoms with Crippen LogP contribution in [0.1, 0.15) is 50.0 Å². The van der Waals surface area contributed by atoms with E-state index in [0.29, 0.717) is 29.6 Å². The Morgan fingerprint density at radius 2 is 1.89 bits per heavy atom. The van der Waals surface area contributed by atoms with E-state index in [-0.39, 0.29) is 17.5 Å². The van der Waals surface area contributed by atoms with Gasteiger partial charge in [0.2, 0.25) is 0 Å². The molecule has 188 valence electrons. The van der Waals surface area contributed by atoms with Crippen molar-refractivity contribution in [3.05, 3.63) is 83.2 Å². The van der Waals surface area contributed by atoms with Crippen molar-refractivity contribution in [3.8, 4) is 23.0 Å². The number of aromatic hydroxyl groups is 2. The number of likely N-dealkylation sites (tertiary alicyclic amines) is 1. The van der Waals surface area contributed by atoms with Gasteiger partial charge in [0.05, 0.1) is 0 Å². The normalized spacial score (nSPS) is 20.7. The van der Waals surface area contributed by atoms with Gasteiger partial charge in [-0.2, -0.15) is 0 Å². The molecule has 2 aliphatic heterocycles. The van der Waals surface area contributed by atoms with Crippen LogP contribution in [0.4, 0.5) is 4.39 Å². The molecular formula is C30H32FNO4. The number of phenols is 2. The maximum Gasteiger partial charge on any atom is 0.153 e. The van der Waals surface area contributed by atoms with Gasteiger partial charge in [0.25, 0.3) is 0 Å². The molecule has 2 aliphatic rings. The molecule has 6 heteroatoms. The first-order valence-electron chi connectivity index (χ1n) is 12.5. The number of benzene rings is 3. The number of hydrogen-bond donors (Lipinski definition) is 2. The minimum absolute atomic E-state index is 0.110. The van der Waals surface area contributed by atoms with Crippen LogP contribution in [0, 0.1) is 11.7 Å². The number of rotatable bonds is 6. The van der Waals surface area contributed by atoms with Crippen molar-refractivity contribution < 1.29 is 24.1 Å². The standard InChI is InChI=1S/C30H32FNO4/c1-18-11-12-32(16-18)19(2)17-35-24-8-9-25(27(31)15-24)30-29(21-5-4-6-22(33)13-21)20(3)26-14-23(34)7-10-28(26)36-30/h4-10,13-15,18-19,30,33-34H,11-12,16-17H2,1-3H3. The van der Waals surface area contributed by atoms with Gasteiger partial charge in [-0.25, -0.2) is 4.39 Å². The summed E-state index contributed by atoms with van der Waals surface area (Å²) >= 11 is 0. The van der Waals surface area contributed by atoms with Crippen LogP contribution in [0.25, 0.3) is 11.1 Å². The Kier molecular flexibility index (Phi) is 6.63. The van der Waals surface area contributed by atoms with Crippen LogP contribution in [-0.2, 0) is 0 Å². The molecule has 1 saturated heterocycles. The summed E-state index contributed by atoms with van der Waals surface area (Å²) in [7, 11) is 0. The summed E-state index contributed by atoms with van der Waals surface area (Å²) in [5.74, 6) is 1.55. The van der Waals surface area contributed by atoms with E-state index in [1.807, 2.05) is 13.0 Å². The predicted octanol–water partition coefficient (Wildman–Crippen LogP) is 6.41. The molecule has 2 N–H and O–H groups in total. The monoisotopic (exact) mass is 489 g/mol. The number of halogens is 1. The summed E-state index contributed by atoms with van der Waals surface area (Å²) in [6.07, 6.45) is 0.467. The Morgan fingerprint density at radius 1 is 1.08 bits per heavy atom. The van der Waals surface area contributed by atoms with Crippen LogP contribution in [0.5, 0.6) is 23.0 Å². The molecule has 0 radical (unpaired) electrons. The van der Waals surface area contributed by atoms with Crippen molar-refractivity contribution in [2.24, 2.45) is 5.92 Å². The van der Waals surface area contributed by atoms with Crippen molar-refractivity contribution in [1.82, 2.24) is 4.90 Å². The fraction of sp³-hybridized carbons (Fsp3) is 0.333. The quantitative estimate of drug-likeness (QED) is 0.419. The van der Waals surface area contributed by atoms with Gasteiger partial charge in [-0.15, -0.1) is 0 Å². The van der Waals surface area contributed by atoms with Crippen molar-refractivity contribution in [1.29, 1.82) is 0 Å². The molecular weight excluding hydrogens is 457 g/mol. The van der Waals surface area contributed by atoms with Gasteiger partial charge in [0, 0.05) is 35.4 Å². The van der Waals surface area contributed by atoms with Gasteiger partial charge in [-0.1, -0.05) is 19.1 Å². The average molecular weight is 490 g/mol. The first-order valence-corrected chi connectivity index (χ1v) is 12.5. The van der Waals surface area contributed by atoms with E-state index < -0.39 is 11.9 Å². The third-order valence-electron chi connectivity index (χ3n) is 7.26. The molecule has 3 atom stereocenters. The number of nitrogens with zero attached hydrogens (tertiary/aromatic N) is 1. The molecule has 5 rings (SSSR count). The van der Waals surface area contributed by atoms with Crippen molar-refractivity contribution in [2.75, 3.05) is 19.7 Å². The van der Waals surface area contributed by atoms with Crippen LogP contribution < -0.4 is 9.47 Å². The highest BCUT2D eigenvalue weighted by atomic mass is 19.1. The second-order valence-electron chi connectivity index (χ2n) is 10.00. The van der Waals surface area contributed by atoms with Crippen LogP contribution in [0.2, 0.25) is 0 Å². The number of fused-ring (bicyclic) bond motifs is 1. The highest BCUT2D eigenvalue weighted by Crippen LogP contribution is 2.48. The molecule has 36 heavy (non-hydrogen) atoms. The van der Waals surface area contributed by atoms with E-state index in [1.165, 1.54) is 12.5 Å². The van der Waals surface area contributed by atoms with Crippen molar-refractivity contribution >= 4 is 11.1 Å². The smallest absolute Gasteiger partial charge is 0.153 e. The van der Waals surface area contributed by atoms with Crippen LogP contribution in [0.3, 0.4) is 0 Å². The number of allylic oxidation sites excluding steroid dienone is 1. The van der Waals surface area contributed by atoms with Crippen LogP contribution >= 0.6 is 0 Å². The first kappa shape index (κ1) is 24.2. The zero-order chi connectivity index (χ0) is 25.4. The Labute approximate surface area is 211 Å². The highest BCUT2D eigenvalue weighted by Gasteiger charge is 2.32. The number of hydrogen-bond acceptors (Lipinski definition) is 5. The zero-order valence-electron chi connectivity index (χ0n) is 20.9. The molecule has 0 amide bonds. The Balaban J connectivity index is 1.45. The van der Waals surface area contributed by atoms with Gasteiger partial charge >= 0.3 is 0 Å². The molecule has 1 fully saturated rings. The van der Waals surface area contributed by atoms with Gasteiger partial charge in [-0.05, 0) is 86.3 Å². The third-order valence-corrected chi connectivity index (χ3v) is 7.26. The molecule has 3 aromatic rings. The van der Waals surface area contributed by atoms with Crippen molar-refractivity contribution in [2.45, 2.75) is 39.3 Å². The highest BCUT2D eigenvalue weighted by molar-refractivity contribution is 5.95. The zero-order valence-corrected chi connectivity index (χ0v) is 20.9. The van der Waals surface area contributed by atoms with E-state index in [0.717, 1.165) is 35.4 Å². The molecule has 3 aromatic carbocycles. The second kappa shape index (κ2) is 9.86. The minimum atomic E-state index is -0.733. The Hall–Kier alpha value is -3.51. The lowest BCUT2D eigenvalue weighted by atomic mass is 9.86. The van der Waals surface area contributed by atoms with Crippen LogP contribution in [-0.4, -0.2) is 40.9 Å². The van der Waals surface area contributed by atoms with E-state index in [1.54, 1.807) is 48.5 Å². The van der Waals surface area contributed by atoms with Gasteiger partial charge in [0.15, 0.2) is 6.10 Å². The summed E-state index contributed by atoms with van der Waals surface area (Å²) in [6.45, 7) is 8.96. The lowest BCUT2D eigenvalue weighted by molar-refractivity contribution is 0.168. The molecule has 0 saturated carbocycles. The van der Waals surface area contributed by atoms with Gasteiger partial charge < -0.3 is 19.7 Å². The number of ether oxygens (including phenoxy) is 2. The van der Waals surface area contributed by atoms with Crippen molar-refractivity contribution in [3.63, 3.8) is 0 Å². The van der Waals surface area contributed by atoms with Gasteiger partial charge in [0.1, 0.15) is 35.4 Å². The molecule has 3 unspecified atom stereocenters. The molecule has 0 aliphatic carbocycles.